The number of benzene rings is 2. The van der Waals surface area contributed by atoms with Crippen LogP contribution in [-0.2, 0) is 16.1 Å². The number of thiazole rings is 1. The average Bonchev–Trinajstić information content (AvgIpc) is 3.35. The number of carbonyl (C=O) groups excluding carboxylic acids is 2. The first kappa shape index (κ1) is 29.8. The molecule has 13 heteroatoms. The lowest BCUT2D eigenvalue weighted by molar-refractivity contribution is -0.192. The zero-order chi connectivity index (χ0) is 27.4. The fraction of sp³-hybridized carbons (Fsp3) is 0.250. The summed E-state index contributed by atoms with van der Waals surface area (Å²) in [5, 5.41) is 15.2. The molecule has 1 atom stereocenters. The highest BCUT2D eigenvalue weighted by Crippen LogP contribution is 2.24. The van der Waals surface area contributed by atoms with Gasteiger partial charge in [-0.2, -0.15) is 24.9 Å². The number of hydrogen-bond donors (Lipinski definition) is 4. The number of nitrogens with one attached hydrogen (secondary N) is 2. The normalized spacial score (nSPS) is 11.6. The van der Waals surface area contributed by atoms with Crippen molar-refractivity contribution >= 4 is 46.0 Å². The van der Waals surface area contributed by atoms with E-state index in [0.717, 1.165) is 22.6 Å². The van der Waals surface area contributed by atoms with E-state index in [4.69, 9.17) is 15.6 Å². The predicted octanol–water partition coefficient (Wildman–Crippen LogP) is 4.39. The number of carboxylic acids is 1. The van der Waals surface area contributed by atoms with E-state index in [2.05, 4.69) is 15.6 Å². The summed E-state index contributed by atoms with van der Waals surface area (Å²) in [6.07, 6.45) is -2.59. The largest absolute Gasteiger partial charge is 0.490 e. The fourth-order valence-electron chi connectivity index (χ4n) is 2.80. The van der Waals surface area contributed by atoms with Gasteiger partial charge in [-0.3, -0.25) is 9.59 Å². The molecule has 3 aromatic rings. The maximum absolute atomic E-state index is 12.8. The smallest absolute Gasteiger partial charge is 0.475 e. The molecular formula is C24H25F3N4O4S2. The maximum atomic E-state index is 12.8. The van der Waals surface area contributed by atoms with Crippen molar-refractivity contribution in [2.24, 2.45) is 5.73 Å². The van der Waals surface area contributed by atoms with Gasteiger partial charge in [0, 0.05) is 23.1 Å². The number of alkyl halides is 3. The monoisotopic (exact) mass is 554 g/mol. The highest BCUT2D eigenvalue weighted by Gasteiger charge is 2.38. The number of nitrogens with zero attached hydrogens (tertiary/aromatic N) is 1. The molecule has 198 valence electrons. The molecule has 0 aliphatic rings. The second kappa shape index (κ2) is 14.4. The van der Waals surface area contributed by atoms with Gasteiger partial charge in [-0.15, -0.1) is 11.3 Å². The van der Waals surface area contributed by atoms with Gasteiger partial charge in [0.05, 0.1) is 5.69 Å². The summed E-state index contributed by atoms with van der Waals surface area (Å²) in [4.78, 5) is 38.9. The average molecular weight is 555 g/mol. The number of amides is 2. The van der Waals surface area contributed by atoms with Crippen molar-refractivity contribution in [2.75, 3.05) is 17.3 Å². The molecule has 3 rings (SSSR count). The molecule has 37 heavy (non-hydrogen) atoms. The Morgan fingerprint density at radius 1 is 1.11 bits per heavy atom. The molecular weight excluding hydrogens is 529 g/mol. The van der Waals surface area contributed by atoms with Crippen molar-refractivity contribution in [3.05, 3.63) is 71.1 Å². The van der Waals surface area contributed by atoms with Gasteiger partial charge in [0.25, 0.3) is 5.91 Å². The Morgan fingerprint density at radius 2 is 1.73 bits per heavy atom. The molecule has 2 aromatic carbocycles. The number of aromatic nitrogens is 1. The van der Waals surface area contributed by atoms with Crippen LogP contribution in [0.1, 0.15) is 22.3 Å². The Balaban J connectivity index is 0.000000604. The third kappa shape index (κ3) is 9.86. The molecule has 0 saturated heterocycles. The van der Waals surface area contributed by atoms with Crippen LogP contribution in [0.25, 0.3) is 11.3 Å². The molecule has 1 unspecified atom stereocenters. The Labute approximate surface area is 219 Å². The summed E-state index contributed by atoms with van der Waals surface area (Å²) in [5.74, 6) is -2.57. The number of anilines is 1. The first-order valence-electron chi connectivity index (χ1n) is 10.8. The molecule has 0 aliphatic carbocycles. The number of thioether (sulfide) groups is 1. The van der Waals surface area contributed by atoms with Crippen LogP contribution in [0.5, 0.6) is 0 Å². The van der Waals surface area contributed by atoms with E-state index < -0.39 is 18.2 Å². The minimum atomic E-state index is -5.08. The molecule has 1 heterocycles. The number of nitrogens with two attached hydrogens (primary N) is 1. The van der Waals surface area contributed by atoms with Gasteiger partial charge >= 0.3 is 12.1 Å². The molecule has 0 radical (unpaired) electrons. The summed E-state index contributed by atoms with van der Waals surface area (Å²) in [7, 11) is 0. The van der Waals surface area contributed by atoms with Crippen LogP contribution in [0.4, 0.5) is 18.3 Å². The van der Waals surface area contributed by atoms with Crippen LogP contribution in [0, 0.1) is 0 Å². The van der Waals surface area contributed by atoms with Crippen LogP contribution < -0.4 is 16.4 Å². The van der Waals surface area contributed by atoms with Crippen molar-refractivity contribution in [2.45, 2.75) is 25.2 Å². The second-order valence-corrected chi connectivity index (χ2v) is 9.25. The van der Waals surface area contributed by atoms with Crippen molar-refractivity contribution in [1.29, 1.82) is 0 Å². The standard InChI is InChI=1S/C22H24N4O2S2.C2HF3O2/c1-29-12-11-18(24-20(27)17-9-7-15(13-23)8-10-17)21(28)26-22-25-19(14-30-22)16-5-3-2-4-6-16;3-2(4,5)1(6)7/h2-10,14,18H,11-13,23H2,1H3,(H,24,27)(H,25,26,28);(H,6,7). The molecule has 0 fully saturated rings. The Bertz CT molecular complexity index is 1170. The van der Waals surface area contributed by atoms with Gasteiger partial charge in [-0.05, 0) is 36.1 Å². The Kier molecular flexibility index (Phi) is 11.6. The van der Waals surface area contributed by atoms with Crippen molar-refractivity contribution in [3.8, 4) is 11.3 Å². The third-order valence-electron chi connectivity index (χ3n) is 4.73. The van der Waals surface area contributed by atoms with Crippen LogP contribution in [-0.4, -0.2) is 52.1 Å². The van der Waals surface area contributed by atoms with E-state index in [-0.39, 0.29) is 11.8 Å². The zero-order valence-electron chi connectivity index (χ0n) is 19.6. The number of carboxylic acid groups (broad SMARTS) is 1. The highest BCUT2D eigenvalue weighted by atomic mass is 32.2. The van der Waals surface area contributed by atoms with Gasteiger partial charge in [0.15, 0.2) is 5.13 Å². The molecule has 2 amide bonds. The van der Waals surface area contributed by atoms with E-state index in [1.54, 1.807) is 23.9 Å². The molecule has 0 saturated carbocycles. The van der Waals surface area contributed by atoms with Crippen molar-refractivity contribution in [3.63, 3.8) is 0 Å². The highest BCUT2D eigenvalue weighted by molar-refractivity contribution is 7.98. The molecule has 0 aliphatic heterocycles. The number of rotatable bonds is 9. The summed E-state index contributed by atoms with van der Waals surface area (Å²) in [6, 6.07) is 16.2. The van der Waals surface area contributed by atoms with Gasteiger partial charge in [-0.25, -0.2) is 9.78 Å². The van der Waals surface area contributed by atoms with Gasteiger partial charge < -0.3 is 21.5 Å². The second-order valence-electron chi connectivity index (χ2n) is 7.40. The number of halogens is 3. The lowest BCUT2D eigenvalue weighted by atomic mass is 10.1. The first-order valence-corrected chi connectivity index (χ1v) is 13.0. The fourth-order valence-corrected chi connectivity index (χ4v) is 4.00. The quantitative estimate of drug-likeness (QED) is 0.308. The van der Waals surface area contributed by atoms with E-state index in [1.165, 1.54) is 11.3 Å². The summed E-state index contributed by atoms with van der Waals surface area (Å²) in [6.45, 7) is 0.416. The molecule has 0 spiro atoms. The Hall–Kier alpha value is -3.42. The lowest BCUT2D eigenvalue weighted by Crippen LogP contribution is -2.44. The van der Waals surface area contributed by atoms with Crippen LogP contribution >= 0.6 is 23.1 Å². The van der Waals surface area contributed by atoms with Crippen molar-refractivity contribution in [1.82, 2.24) is 10.3 Å². The third-order valence-corrected chi connectivity index (χ3v) is 6.13. The van der Waals surface area contributed by atoms with Crippen LogP contribution in [0.2, 0.25) is 0 Å². The lowest BCUT2D eigenvalue weighted by Gasteiger charge is -2.17. The summed E-state index contributed by atoms with van der Waals surface area (Å²) < 4.78 is 31.7. The van der Waals surface area contributed by atoms with Gasteiger partial charge in [0.2, 0.25) is 5.91 Å². The van der Waals surface area contributed by atoms with Crippen LogP contribution in [0.3, 0.4) is 0 Å². The topological polar surface area (TPSA) is 134 Å². The molecule has 1 aromatic heterocycles. The summed E-state index contributed by atoms with van der Waals surface area (Å²) >= 11 is 2.99. The van der Waals surface area contributed by atoms with Gasteiger partial charge in [-0.1, -0.05) is 42.5 Å². The minimum absolute atomic E-state index is 0.273. The van der Waals surface area contributed by atoms with E-state index >= 15 is 0 Å². The molecule has 5 N–H and O–H groups in total. The van der Waals surface area contributed by atoms with Crippen LogP contribution in [0.15, 0.2) is 60.0 Å². The zero-order valence-corrected chi connectivity index (χ0v) is 21.3. The van der Waals surface area contributed by atoms with E-state index in [1.807, 2.05) is 54.1 Å². The van der Waals surface area contributed by atoms with E-state index in [9.17, 15) is 22.8 Å². The molecule has 8 nitrogen and oxygen atoms in total. The Morgan fingerprint density at radius 3 is 2.27 bits per heavy atom. The SMILES string of the molecule is CSCCC(NC(=O)c1ccc(CN)cc1)C(=O)Nc1nc(-c2ccccc2)cs1.O=C(O)C(F)(F)F. The van der Waals surface area contributed by atoms with Gasteiger partial charge in [0.1, 0.15) is 6.04 Å². The number of aliphatic carboxylic acids is 1. The predicted molar refractivity (Wildman–Crippen MR) is 138 cm³/mol. The van der Waals surface area contributed by atoms with Crippen molar-refractivity contribution < 1.29 is 32.7 Å². The number of carbonyl (C=O) groups is 3. The van der Waals surface area contributed by atoms with E-state index in [0.29, 0.717) is 23.7 Å². The number of hydrogen-bond acceptors (Lipinski definition) is 7. The molecule has 0 bridgehead atoms. The minimum Gasteiger partial charge on any atom is -0.475 e. The summed E-state index contributed by atoms with van der Waals surface area (Å²) in [5.41, 5.74) is 8.84. The maximum Gasteiger partial charge on any atom is 0.490 e. The first-order chi connectivity index (χ1) is 17.5.